The maximum Gasteiger partial charge on any atom is 0.146 e. The minimum atomic E-state index is -0.446. The number of aryl methyl sites for hydroxylation is 1. The van der Waals surface area contributed by atoms with Crippen LogP contribution in [-0.4, -0.2) is 14.9 Å². The summed E-state index contributed by atoms with van der Waals surface area (Å²) in [6, 6.07) is 1.90. The van der Waals surface area contributed by atoms with Crippen LogP contribution >= 0.6 is 0 Å². The summed E-state index contributed by atoms with van der Waals surface area (Å²) >= 11 is 0. The van der Waals surface area contributed by atoms with Gasteiger partial charge in [0.25, 0.3) is 0 Å². The van der Waals surface area contributed by atoms with E-state index in [1.165, 1.54) is 0 Å². The molecule has 0 aliphatic rings. The lowest BCUT2D eigenvalue weighted by Crippen LogP contribution is -2.08. The molecule has 12 heavy (non-hydrogen) atoms. The number of aliphatic hydroxyl groups excluding tert-OH is 1. The summed E-state index contributed by atoms with van der Waals surface area (Å²) in [6.07, 6.45) is 4.31. The van der Waals surface area contributed by atoms with Gasteiger partial charge in [-0.2, -0.15) is 5.10 Å². The van der Waals surface area contributed by atoms with Gasteiger partial charge in [-0.3, -0.25) is 0 Å². The van der Waals surface area contributed by atoms with Crippen LogP contribution in [0, 0.1) is 6.92 Å². The number of aromatic nitrogens is 2. The molecule has 68 valence electrons. The van der Waals surface area contributed by atoms with E-state index in [2.05, 4.69) is 12.0 Å². The average Bonchev–Trinajstić information content (AvgIpc) is 2.47. The summed E-state index contributed by atoms with van der Waals surface area (Å²) < 4.78 is 1.62. The van der Waals surface area contributed by atoms with Crippen molar-refractivity contribution in [3.8, 4) is 0 Å². The maximum atomic E-state index is 9.57. The average molecular weight is 168 g/mol. The molecule has 1 aromatic heterocycles. The minimum Gasteiger partial charge on any atom is -0.372 e. The lowest BCUT2D eigenvalue weighted by molar-refractivity contribution is 0.0788. The first-order valence-corrected chi connectivity index (χ1v) is 4.44. The van der Waals surface area contributed by atoms with E-state index in [1.807, 2.05) is 19.2 Å². The molecule has 3 nitrogen and oxygen atoms in total. The van der Waals surface area contributed by atoms with Gasteiger partial charge in [-0.05, 0) is 25.8 Å². The number of hydrogen-bond acceptors (Lipinski definition) is 2. The first kappa shape index (κ1) is 9.26. The first-order chi connectivity index (χ1) is 5.74. The third kappa shape index (κ3) is 2.34. The van der Waals surface area contributed by atoms with E-state index in [-0.39, 0.29) is 0 Å². The minimum absolute atomic E-state index is 0.446. The smallest absolute Gasteiger partial charge is 0.146 e. The van der Waals surface area contributed by atoms with Gasteiger partial charge in [-0.15, -0.1) is 0 Å². The van der Waals surface area contributed by atoms with Gasteiger partial charge in [0.05, 0.1) is 5.69 Å². The summed E-state index contributed by atoms with van der Waals surface area (Å²) in [7, 11) is 0. The van der Waals surface area contributed by atoms with Crippen molar-refractivity contribution in [3.05, 3.63) is 18.0 Å². The summed E-state index contributed by atoms with van der Waals surface area (Å²) in [4.78, 5) is 0. The Labute approximate surface area is 73.0 Å². The van der Waals surface area contributed by atoms with Gasteiger partial charge >= 0.3 is 0 Å². The molecule has 1 rings (SSSR count). The molecule has 1 unspecified atom stereocenters. The zero-order chi connectivity index (χ0) is 8.97. The van der Waals surface area contributed by atoms with E-state index in [4.69, 9.17) is 0 Å². The van der Waals surface area contributed by atoms with Gasteiger partial charge < -0.3 is 5.11 Å². The van der Waals surface area contributed by atoms with Crippen LogP contribution in [0.15, 0.2) is 12.3 Å². The molecule has 1 aromatic rings. The Morgan fingerprint density at radius 1 is 1.67 bits per heavy atom. The zero-order valence-electron chi connectivity index (χ0n) is 7.70. The molecule has 0 saturated heterocycles. The number of nitrogens with zero attached hydrogens (tertiary/aromatic N) is 2. The van der Waals surface area contributed by atoms with Crippen molar-refractivity contribution in [1.82, 2.24) is 9.78 Å². The van der Waals surface area contributed by atoms with Crippen molar-refractivity contribution in [2.45, 2.75) is 39.3 Å². The summed E-state index contributed by atoms with van der Waals surface area (Å²) in [5.74, 6) is 0. The van der Waals surface area contributed by atoms with Gasteiger partial charge in [-0.25, -0.2) is 4.68 Å². The van der Waals surface area contributed by atoms with Crippen LogP contribution in [0.25, 0.3) is 0 Å². The fourth-order valence-corrected chi connectivity index (χ4v) is 1.12. The topological polar surface area (TPSA) is 38.0 Å². The summed E-state index contributed by atoms with van der Waals surface area (Å²) in [5.41, 5.74) is 0.950. The van der Waals surface area contributed by atoms with Crippen molar-refractivity contribution in [2.24, 2.45) is 0 Å². The Morgan fingerprint density at radius 3 is 2.92 bits per heavy atom. The highest BCUT2D eigenvalue weighted by atomic mass is 16.3. The molecule has 1 atom stereocenters. The van der Waals surface area contributed by atoms with Crippen molar-refractivity contribution < 1.29 is 5.11 Å². The van der Waals surface area contributed by atoms with Gasteiger partial charge in [0.2, 0.25) is 0 Å². The second kappa shape index (κ2) is 4.26. The van der Waals surface area contributed by atoms with Crippen LogP contribution in [0.3, 0.4) is 0 Å². The molecule has 1 N–H and O–H groups in total. The molecule has 3 heteroatoms. The van der Waals surface area contributed by atoms with Crippen molar-refractivity contribution in [1.29, 1.82) is 0 Å². The lowest BCUT2D eigenvalue weighted by Gasteiger charge is -2.09. The molecule has 0 aliphatic carbocycles. The Bertz CT molecular complexity index is 232. The third-order valence-electron chi connectivity index (χ3n) is 1.86. The summed E-state index contributed by atoms with van der Waals surface area (Å²) in [5, 5.41) is 13.7. The normalized spacial score (nSPS) is 13.2. The van der Waals surface area contributed by atoms with Crippen LogP contribution in [0.2, 0.25) is 0 Å². The van der Waals surface area contributed by atoms with Crippen molar-refractivity contribution >= 4 is 0 Å². The molecule has 0 aliphatic heterocycles. The molecule has 0 bridgehead atoms. The molecule has 0 spiro atoms. The standard InChI is InChI=1S/C9H16N2O/c1-3-4-5-9(12)11-7-6-8(2)10-11/h6-7,9,12H,3-5H2,1-2H3. The van der Waals surface area contributed by atoms with Gasteiger partial charge in [0, 0.05) is 6.20 Å². The number of aliphatic hydroxyl groups is 1. The van der Waals surface area contributed by atoms with E-state index in [0.29, 0.717) is 0 Å². The Hall–Kier alpha value is -0.830. The Morgan fingerprint density at radius 2 is 2.42 bits per heavy atom. The molecule has 0 saturated carbocycles. The fourth-order valence-electron chi connectivity index (χ4n) is 1.12. The van der Waals surface area contributed by atoms with Crippen molar-refractivity contribution in [2.75, 3.05) is 0 Å². The quantitative estimate of drug-likeness (QED) is 0.745. The molecule has 0 fully saturated rings. The molecule has 0 aromatic carbocycles. The van der Waals surface area contributed by atoms with Crippen LogP contribution in [0.5, 0.6) is 0 Å². The van der Waals surface area contributed by atoms with Crippen LogP contribution < -0.4 is 0 Å². The molecular weight excluding hydrogens is 152 g/mol. The third-order valence-corrected chi connectivity index (χ3v) is 1.86. The highest BCUT2D eigenvalue weighted by molar-refractivity contribution is 4.95. The number of rotatable bonds is 4. The largest absolute Gasteiger partial charge is 0.372 e. The Balaban J connectivity index is 2.47. The van der Waals surface area contributed by atoms with Gasteiger partial charge in [0.15, 0.2) is 0 Å². The van der Waals surface area contributed by atoms with E-state index in [9.17, 15) is 5.11 Å². The van der Waals surface area contributed by atoms with Crippen molar-refractivity contribution in [3.63, 3.8) is 0 Å². The van der Waals surface area contributed by atoms with Crippen LogP contribution in [0.4, 0.5) is 0 Å². The van der Waals surface area contributed by atoms with Gasteiger partial charge in [0.1, 0.15) is 6.23 Å². The number of hydrogen-bond donors (Lipinski definition) is 1. The van der Waals surface area contributed by atoms with E-state index in [0.717, 1.165) is 25.0 Å². The monoisotopic (exact) mass is 168 g/mol. The number of unbranched alkanes of at least 4 members (excludes halogenated alkanes) is 1. The van der Waals surface area contributed by atoms with Crippen LogP contribution in [-0.2, 0) is 0 Å². The Kier molecular flexibility index (Phi) is 3.29. The molecule has 0 radical (unpaired) electrons. The molecule has 1 heterocycles. The SMILES string of the molecule is CCCCC(O)n1ccc(C)n1. The molecular formula is C9H16N2O. The maximum absolute atomic E-state index is 9.57. The van der Waals surface area contributed by atoms with Gasteiger partial charge in [-0.1, -0.05) is 13.3 Å². The second-order valence-corrected chi connectivity index (χ2v) is 3.06. The van der Waals surface area contributed by atoms with E-state index >= 15 is 0 Å². The van der Waals surface area contributed by atoms with E-state index < -0.39 is 6.23 Å². The first-order valence-electron chi connectivity index (χ1n) is 4.44. The fraction of sp³-hybridized carbons (Fsp3) is 0.667. The predicted molar refractivity (Wildman–Crippen MR) is 47.7 cm³/mol. The lowest BCUT2D eigenvalue weighted by atomic mass is 10.2. The summed E-state index contributed by atoms with van der Waals surface area (Å²) in [6.45, 7) is 4.03. The highest BCUT2D eigenvalue weighted by Gasteiger charge is 2.05. The van der Waals surface area contributed by atoms with E-state index in [1.54, 1.807) is 4.68 Å². The molecule has 0 amide bonds. The van der Waals surface area contributed by atoms with Crippen LogP contribution in [0.1, 0.15) is 38.1 Å². The second-order valence-electron chi connectivity index (χ2n) is 3.06. The highest BCUT2D eigenvalue weighted by Crippen LogP contribution is 2.10. The zero-order valence-corrected chi connectivity index (χ0v) is 7.70. The predicted octanol–water partition coefficient (Wildman–Crippen LogP) is 1.87.